The topological polar surface area (TPSA) is 75.3 Å². The smallest absolute Gasteiger partial charge is 0.257 e. The molecule has 1 fully saturated rings. The molecule has 0 bridgehead atoms. The molecular formula is C25H16Cl5FN2O3. The molecule has 36 heavy (non-hydrogen) atoms. The number of carbonyl (C=O) groups is 3. The Bertz CT molecular complexity index is 1390. The molecule has 0 heterocycles. The Morgan fingerprint density at radius 1 is 0.889 bits per heavy atom. The molecule has 1 aliphatic rings. The molecule has 3 aromatic carbocycles. The van der Waals surface area contributed by atoms with E-state index in [0.29, 0.717) is 15.6 Å². The monoisotopic (exact) mass is 586 g/mol. The van der Waals surface area contributed by atoms with Gasteiger partial charge in [0.1, 0.15) is 10.2 Å². The van der Waals surface area contributed by atoms with Gasteiger partial charge in [-0.3, -0.25) is 14.4 Å². The highest BCUT2D eigenvalue weighted by Crippen LogP contribution is 2.65. The van der Waals surface area contributed by atoms with E-state index < -0.39 is 33.8 Å². The fourth-order valence-corrected chi connectivity index (χ4v) is 5.42. The Morgan fingerprint density at radius 3 is 2.17 bits per heavy atom. The number of anilines is 2. The van der Waals surface area contributed by atoms with Gasteiger partial charge in [-0.2, -0.15) is 0 Å². The standard InChI is InChI=1S/C25H16Cl5FN2O3/c1-11(34)12-2-5-20(19(31)8-12)33-23(35)17-10-16(3-4-18(17)28)32-24(36)22-21(25(22,29)30)13-6-14(26)9-15(27)7-13/h2-10,21-22H,1H3,(H,32,36)(H,33,35)/t21-,22+/m0/s1. The summed E-state index contributed by atoms with van der Waals surface area (Å²) in [5, 5.41) is 5.94. The van der Waals surface area contributed by atoms with Gasteiger partial charge < -0.3 is 10.6 Å². The summed E-state index contributed by atoms with van der Waals surface area (Å²) in [7, 11) is 0. The Morgan fingerprint density at radius 2 is 1.56 bits per heavy atom. The summed E-state index contributed by atoms with van der Waals surface area (Å²) in [6.45, 7) is 1.30. The van der Waals surface area contributed by atoms with Crippen molar-refractivity contribution in [3.63, 3.8) is 0 Å². The van der Waals surface area contributed by atoms with Crippen molar-refractivity contribution in [2.24, 2.45) is 5.92 Å². The minimum Gasteiger partial charge on any atom is -0.326 e. The Labute approximate surface area is 230 Å². The SMILES string of the molecule is CC(=O)c1ccc(NC(=O)c2cc(NC(=O)[C@H]3[C@H](c4cc(Cl)cc(Cl)c4)C3(Cl)Cl)ccc2Cl)c(F)c1. The molecule has 4 rings (SSSR count). The summed E-state index contributed by atoms with van der Waals surface area (Å²) in [6.07, 6.45) is 0. The van der Waals surface area contributed by atoms with E-state index in [9.17, 15) is 18.8 Å². The van der Waals surface area contributed by atoms with E-state index in [1.807, 2.05) is 0 Å². The normalized spacial score (nSPS) is 17.9. The number of carbonyl (C=O) groups excluding carboxylic acids is 3. The number of nitrogens with one attached hydrogen (secondary N) is 2. The van der Waals surface area contributed by atoms with Crippen molar-refractivity contribution in [2.75, 3.05) is 10.6 Å². The highest BCUT2D eigenvalue weighted by atomic mass is 35.5. The largest absolute Gasteiger partial charge is 0.326 e. The lowest BCUT2D eigenvalue weighted by Crippen LogP contribution is -2.18. The Hall–Kier alpha value is -2.35. The molecule has 5 nitrogen and oxygen atoms in total. The Kier molecular flexibility index (Phi) is 7.56. The molecule has 2 N–H and O–H groups in total. The van der Waals surface area contributed by atoms with Crippen LogP contribution in [0.2, 0.25) is 15.1 Å². The predicted octanol–water partition coefficient (Wildman–Crippen LogP) is 7.77. The van der Waals surface area contributed by atoms with Crippen LogP contribution < -0.4 is 10.6 Å². The van der Waals surface area contributed by atoms with Gasteiger partial charge in [0, 0.05) is 27.2 Å². The zero-order valence-corrected chi connectivity index (χ0v) is 22.1. The van der Waals surface area contributed by atoms with Crippen LogP contribution in [-0.4, -0.2) is 21.9 Å². The van der Waals surface area contributed by atoms with E-state index in [1.165, 1.54) is 37.3 Å². The molecule has 0 saturated heterocycles. The first-order valence-corrected chi connectivity index (χ1v) is 12.3. The average molecular weight is 589 g/mol. The number of benzene rings is 3. The maximum Gasteiger partial charge on any atom is 0.257 e. The van der Waals surface area contributed by atoms with Gasteiger partial charge in [-0.15, -0.1) is 23.2 Å². The van der Waals surface area contributed by atoms with E-state index >= 15 is 0 Å². The summed E-state index contributed by atoms with van der Waals surface area (Å²) in [5.41, 5.74) is 0.890. The van der Waals surface area contributed by atoms with Crippen LogP contribution in [0, 0.1) is 11.7 Å². The van der Waals surface area contributed by atoms with Gasteiger partial charge in [-0.1, -0.05) is 34.8 Å². The summed E-state index contributed by atoms with van der Waals surface area (Å²) >= 11 is 31.1. The lowest BCUT2D eigenvalue weighted by Gasteiger charge is -2.11. The Balaban J connectivity index is 1.51. The van der Waals surface area contributed by atoms with Crippen molar-refractivity contribution in [3.05, 3.63) is 92.2 Å². The summed E-state index contributed by atoms with van der Waals surface area (Å²) in [4.78, 5) is 37.2. The number of hydrogen-bond acceptors (Lipinski definition) is 3. The van der Waals surface area contributed by atoms with Crippen molar-refractivity contribution in [1.82, 2.24) is 0 Å². The second kappa shape index (κ2) is 10.2. The fraction of sp³-hybridized carbons (Fsp3) is 0.160. The number of ketones is 1. The summed E-state index contributed by atoms with van der Waals surface area (Å²) in [5.74, 6) is -3.65. The first kappa shape index (κ1) is 26.7. The van der Waals surface area contributed by atoms with Gasteiger partial charge in [0.05, 0.1) is 22.2 Å². The molecule has 0 aromatic heterocycles. The number of amides is 2. The highest BCUT2D eigenvalue weighted by molar-refractivity contribution is 6.53. The maximum absolute atomic E-state index is 14.3. The van der Waals surface area contributed by atoms with E-state index in [-0.39, 0.29) is 33.3 Å². The number of hydrogen-bond donors (Lipinski definition) is 2. The summed E-state index contributed by atoms with van der Waals surface area (Å²) < 4.78 is 13.0. The van der Waals surface area contributed by atoms with Gasteiger partial charge >= 0.3 is 0 Å². The lowest BCUT2D eigenvalue weighted by molar-refractivity contribution is -0.117. The maximum atomic E-state index is 14.3. The third-order valence-corrected chi connectivity index (χ3v) is 7.39. The number of alkyl halides is 2. The van der Waals surface area contributed by atoms with Crippen LogP contribution in [0.4, 0.5) is 15.8 Å². The average Bonchev–Trinajstić information content (AvgIpc) is 3.37. The second-order valence-electron chi connectivity index (χ2n) is 8.22. The van der Waals surface area contributed by atoms with Crippen LogP contribution >= 0.6 is 58.0 Å². The van der Waals surface area contributed by atoms with E-state index in [1.54, 1.807) is 18.2 Å². The fourth-order valence-electron chi connectivity index (χ4n) is 3.84. The second-order valence-corrected chi connectivity index (χ2v) is 10.9. The van der Waals surface area contributed by atoms with E-state index in [4.69, 9.17) is 58.0 Å². The molecule has 1 saturated carbocycles. The molecule has 3 aromatic rings. The van der Waals surface area contributed by atoms with Crippen LogP contribution in [0.1, 0.15) is 39.1 Å². The van der Waals surface area contributed by atoms with E-state index in [2.05, 4.69) is 10.6 Å². The predicted molar refractivity (Wildman–Crippen MR) is 142 cm³/mol. The third-order valence-electron chi connectivity index (χ3n) is 5.68. The quantitative estimate of drug-likeness (QED) is 0.228. The molecule has 186 valence electrons. The molecule has 0 radical (unpaired) electrons. The molecular weight excluding hydrogens is 573 g/mol. The van der Waals surface area contributed by atoms with E-state index in [0.717, 1.165) is 6.07 Å². The molecule has 1 aliphatic carbocycles. The van der Waals surface area contributed by atoms with Crippen LogP contribution in [0.15, 0.2) is 54.6 Å². The van der Waals surface area contributed by atoms with Crippen LogP contribution in [0.25, 0.3) is 0 Å². The van der Waals surface area contributed by atoms with Gasteiger partial charge in [0.2, 0.25) is 5.91 Å². The van der Waals surface area contributed by atoms with Crippen molar-refractivity contribution in [2.45, 2.75) is 17.2 Å². The molecule has 2 atom stereocenters. The van der Waals surface area contributed by atoms with Gasteiger partial charge in [0.25, 0.3) is 5.91 Å². The first-order chi connectivity index (χ1) is 16.9. The van der Waals surface area contributed by atoms with Crippen LogP contribution in [0.3, 0.4) is 0 Å². The first-order valence-electron chi connectivity index (χ1n) is 10.4. The number of halogens is 6. The minimum atomic E-state index is -1.38. The van der Waals surface area contributed by atoms with Gasteiger partial charge in [0.15, 0.2) is 5.78 Å². The molecule has 0 aliphatic heterocycles. The highest BCUT2D eigenvalue weighted by Gasteiger charge is 2.67. The van der Waals surface area contributed by atoms with Gasteiger partial charge in [-0.25, -0.2) is 4.39 Å². The number of Topliss-reactive ketones (excluding diaryl/α,β-unsaturated/α-hetero) is 1. The van der Waals surface area contributed by atoms with Gasteiger partial charge in [-0.05, 0) is 67.1 Å². The van der Waals surface area contributed by atoms with Crippen molar-refractivity contribution < 1.29 is 18.8 Å². The van der Waals surface area contributed by atoms with Crippen molar-refractivity contribution in [3.8, 4) is 0 Å². The number of rotatable bonds is 6. The zero-order valence-electron chi connectivity index (χ0n) is 18.3. The van der Waals surface area contributed by atoms with Crippen molar-refractivity contribution in [1.29, 1.82) is 0 Å². The molecule has 0 unspecified atom stereocenters. The third kappa shape index (κ3) is 5.48. The zero-order chi connectivity index (χ0) is 26.4. The van der Waals surface area contributed by atoms with Crippen LogP contribution in [0.5, 0.6) is 0 Å². The summed E-state index contributed by atoms with van der Waals surface area (Å²) in [6, 6.07) is 12.8. The minimum absolute atomic E-state index is 0.0125. The van der Waals surface area contributed by atoms with Crippen LogP contribution in [-0.2, 0) is 4.79 Å². The molecule has 0 spiro atoms. The van der Waals surface area contributed by atoms with Crippen molar-refractivity contribution >= 4 is 87.0 Å². The molecule has 11 heteroatoms. The molecule has 2 amide bonds. The lowest BCUT2D eigenvalue weighted by atomic mass is 10.1.